The second-order valence-corrected chi connectivity index (χ2v) is 7.38. The molecule has 3 amide bonds. The number of esters is 1. The fraction of sp³-hybridized carbons (Fsp3) is 0.333. The Balaban J connectivity index is 1.87. The molecule has 0 aliphatic carbocycles. The van der Waals surface area contributed by atoms with E-state index in [-0.39, 0.29) is 5.92 Å². The number of amides is 3. The van der Waals surface area contributed by atoms with Crippen molar-refractivity contribution in [1.29, 1.82) is 0 Å². The number of rotatable bonds is 11. The summed E-state index contributed by atoms with van der Waals surface area (Å²) in [5.41, 5.74) is 1.61. The summed E-state index contributed by atoms with van der Waals surface area (Å²) in [4.78, 5) is 39.2. The molecule has 1 aromatic carbocycles. The maximum Gasteiger partial charge on any atom is 0.331 e. The summed E-state index contributed by atoms with van der Waals surface area (Å²) in [6.45, 7) is 6.36. The van der Waals surface area contributed by atoms with E-state index in [1.165, 1.54) is 12.2 Å². The highest BCUT2D eigenvalue weighted by atomic mass is 16.5. The van der Waals surface area contributed by atoms with Gasteiger partial charge in [0.15, 0.2) is 18.1 Å². The first-order valence-corrected chi connectivity index (χ1v) is 10.6. The van der Waals surface area contributed by atoms with Gasteiger partial charge in [0.05, 0.1) is 6.61 Å². The van der Waals surface area contributed by atoms with Crippen molar-refractivity contribution in [3.8, 4) is 11.5 Å². The number of carbonyl (C=O) groups excluding carboxylic acids is 3. The van der Waals surface area contributed by atoms with Crippen LogP contribution < -0.4 is 20.1 Å². The Morgan fingerprint density at radius 2 is 1.94 bits per heavy atom. The van der Waals surface area contributed by atoms with E-state index in [9.17, 15) is 14.4 Å². The van der Waals surface area contributed by atoms with Crippen LogP contribution in [0, 0.1) is 5.92 Å². The molecule has 1 heterocycles. The maximum absolute atomic E-state index is 11.9. The molecular formula is C24H29N3O6. The van der Waals surface area contributed by atoms with Crippen LogP contribution in [-0.2, 0) is 20.9 Å². The Kier molecular flexibility index (Phi) is 10.4. The molecule has 2 aromatic rings. The third-order valence-corrected chi connectivity index (χ3v) is 4.07. The molecule has 176 valence electrons. The molecule has 0 saturated heterocycles. The van der Waals surface area contributed by atoms with Crippen molar-refractivity contribution in [3.05, 3.63) is 59.9 Å². The first-order valence-electron chi connectivity index (χ1n) is 10.6. The molecule has 0 bridgehead atoms. The lowest BCUT2D eigenvalue weighted by Gasteiger charge is -2.12. The lowest BCUT2D eigenvalue weighted by Crippen LogP contribution is -2.42. The molecule has 0 atom stereocenters. The number of urea groups is 1. The van der Waals surface area contributed by atoms with Crippen molar-refractivity contribution in [2.45, 2.75) is 27.4 Å². The van der Waals surface area contributed by atoms with E-state index in [1.54, 1.807) is 30.6 Å². The van der Waals surface area contributed by atoms with Crippen LogP contribution in [0.2, 0.25) is 0 Å². The average Bonchev–Trinajstić information content (AvgIpc) is 2.80. The van der Waals surface area contributed by atoms with E-state index in [0.717, 1.165) is 5.56 Å². The minimum absolute atomic E-state index is 0.249. The summed E-state index contributed by atoms with van der Waals surface area (Å²) in [6, 6.07) is 8.35. The topological polar surface area (TPSA) is 116 Å². The third kappa shape index (κ3) is 9.86. The lowest BCUT2D eigenvalue weighted by molar-refractivity contribution is -0.143. The fourth-order valence-corrected chi connectivity index (χ4v) is 2.51. The summed E-state index contributed by atoms with van der Waals surface area (Å²) < 4.78 is 16.3. The van der Waals surface area contributed by atoms with Crippen LogP contribution in [0.4, 0.5) is 4.79 Å². The normalized spacial score (nSPS) is 10.7. The van der Waals surface area contributed by atoms with E-state index in [4.69, 9.17) is 14.2 Å². The van der Waals surface area contributed by atoms with Crippen molar-refractivity contribution in [1.82, 2.24) is 15.6 Å². The number of nitrogens with one attached hydrogen (secondary N) is 2. The Morgan fingerprint density at radius 1 is 1.12 bits per heavy atom. The highest BCUT2D eigenvalue weighted by molar-refractivity contribution is 5.96. The van der Waals surface area contributed by atoms with Gasteiger partial charge in [-0.05, 0) is 42.7 Å². The molecule has 0 radical (unpaired) electrons. The third-order valence-electron chi connectivity index (χ3n) is 4.07. The fourth-order valence-electron chi connectivity index (χ4n) is 2.51. The van der Waals surface area contributed by atoms with Crippen LogP contribution in [-0.4, -0.2) is 42.7 Å². The molecular weight excluding hydrogens is 426 g/mol. The minimum atomic E-state index is -0.720. The molecule has 0 saturated carbocycles. The number of pyridine rings is 1. The molecule has 33 heavy (non-hydrogen) atoms. The number of ether oxygens (including phenoxy) is 3. The van der Waals surface area contributed by atoms with Gasteiger partial charge in [-0.3, -0.25) is 15.1 Å². The van der Waals surface area contributed by atoms with Gasteiger partial charge in [0.1, 0.15) is 6.61 Å². The Labute approximate surface area is 193 Å². The quantitative estimate of drug-likeness (QED) is 0.395. The predicted octanol–water partition coefficient (Wildman–Crippen LogP) is 3.10. The monoisotopic (exact) mass is 455 g/mol. The van der Waals surface area contributed by atoms with E-state index >= 15 is 0 Å². The summed E-state index contributed by atoms with van der Waals surface area (Å²) in [5, 5.41) is 4.63. The highest BCUT2D eigenvalue weighted by Gasteiger charge is 2.10. The zero-order valence-electron chi connectivity index (χ0n) is 19.0. The summed E-state index contributed by atoms with van der Waals surface area (Å²) in [5.74, 6) is -0.0928. The molecule has 0 aliphatic rings. The van der Waals surface area contributed by atoms with Gasteiger partial charge in [0, 0.05) is 30.6 Å². The molecule has 2 rings (SSSR count). The number of nitrogens with zero attached hydrogens (tertiary/aromatic N) is 1. The average molecular weight is 456 g/mol. The van der Waals surface area contributed by atoms with Gasteiger partial charge in [0.2, 0.25) is 0 Å². The smallest absolute Gasteiger partial charge is 0.331 e. The number of carbonyl (C=O) groups is 3. The molecule has 0 fully saturated rings. The van der Waals surface area contributed by atoms with Gasteiger partial charge in [-0.15, -0.1) is 0 Å². The van der Waals surface area contributed by atoms with Crippen LogP contribution in [0.15, 0.2) is 48.8 Å². The second-order valence-electron chi connectivity index (χ2n) is 7.38. The van der Waals surface area contributed by atoms with Gasteiger partial charge < -0.3 is 19.5 Å². The number of benzene rings is 1. The van der Waals surface area contributed by atoms with Crippen molar-refractivity contribution < 1.29 is 28.6 Å². The van der Waals surface area contributed by atoms with Crippen LogP contribution >= 0.6 is 0 Å². The second kappa shape index (κ2) is 13.5. The summed E-state index contributed by atoms with van der Waals surface area (Å²) >= 11 is 0. The first kappa shape index (κ1) is 25.4. The largest absolute Gasteiger partial charge is 0.490 e. The lowest BCUT2D eigenvalue weighted by atomic mass is 10.2. The number of aromatic nitrogens is 1. The van der Waals surface area contributed by atoms with Gasteiger partial charge in [-0.1, -0.05) is 26.0 Å². The number of hydrogen-bond donors (Lipinski definition) is 2. The molecule has 0 aliphatic heterocycles. The van der Waals surface area contributed by atoms with Gasteiger partial charge >= 0.3 is 12.0 Å². The van der Waals surface area contributed by atoms with Crippen LogP contribution in [0.3, 0.4) is 0 Å². The van der Waals surface area contributed by atoms with Crippen molar-refractivity contribution in [2.75, 3.05) is 19.8 Å². The Morgan fingerprint density at radius 3 is 2.64 bits per heavy atom. The van der Waals surface area contributed by atoms with Crippen molar-refractivity contribution in [2.24, 2.45) is 5.92 Å². The molecule has 9 nitrogen and oxygen atoms in total. The minimum Gasteiger partial charge on any atom is -0.490 e. The van der Waals surface area contributed by atoms with E-state index < -0.39 is 24.5 Å². The molecule has 0 unspecified atom stereocenters. The van der Waals surface area contributed by atoms with Crippen molar-refractivity contribution in [3.63, 3.8) is 0 Å². The Hall–Kier alpha value is -3.88. The summed E-state index contributed by atoms with van der Waals surface area (Å²) in [6.07, 6.45) is 6.14. The number of imide groups is 1. The molecule has 2 N–H and O–H groups in total. The van der Waals surface area contributed by atoms with E-state index in [2.05, 4.69) is 15.6 Å². The number of hydrogen-bond acceptors (Lipinski definition) is 7. The first-order chi connectivity index (χ1) is 15.9. The Bertz CT molecular complexity index is 960. The zero-order valence-corrected chi connectivity index (χ0v) is 19.0. The van der Waals surface area contributed by atoms with Crippen LogP contribution in [0.1, 0.15) is 31.9 Å². The predicted molar refractivity (Wildman–Crippen MR) is 123 cm³/mol. The molecule has 1 aromatic heterocycles. The van der Waals surface area contributed by atoms with Gasteiger partial charge in [-0.2, -0.15) is 0 Å². The van der Waals surface area contributed by atoms with Gasteiger partial charge in [-0.25, -0.2) is 9.59 Å². The van der Waals surface area contributed by atoms with E-state index in [0.29, 0.717) is 36.8 Å². The molecule has 0 spiro atoms. The summed E-state index contributed by atoms with van der Waals surface area (Å²) in [7, 11) is 0. The standard InChI is InChI=1S/C24H29N3O6/c1-4-31-21-12-18(7-9-20(21)32-15-19-6-5-11-25-14-19)8-10-23(29)33-16-22(28)27-24(30)26-13-17(2)3/h5-12,14,17H,4,13,15-16H2,1-3H3,(H2,26,27,28,30)/b10-8+. The zero-order chi connectivity index (χ0) is 24.1. The maximum atomic E-state index is 11.9. The van der Waals surface area contributed by atoms with Gasteiger partial charge in [0.25, 0.3) is 5.91 Å². The van der Waals surface area contributed by atoms with Crippen LogP contribution in [0.5, 0.6) is 11.5 Å². The van der Waals surface area contributed by atoms with E-state index in [1.807, 2.05) is 32.9 Å². The highest BCUT2D eigenvalue weighted by Crippen LogP contribution is 2.29. The SMILES string of the molecule is CCOc1cc(/C=C/C(=O)OCC(=O)NC(=O)NCC(C)C)ccc1OCc1cccnc1. The van der Waals surface area contributed by atoms with Crippen LogP contribution in [0.25, 0.3) is 6.08 Å². The van der Waals surface area contributed by atoms with Crippen molar-refractivity contribution >= 4 is 24.0 Å². The molecule has 9 heteroatoms.